The van der Waals surface area contributed by atoms with Gasteiger partial charge in [0, 0.05) is 19.3 Å². The molecule has 0 saturated carbocycles. The molecule has 1 aliphatic rings. The summed E-state index contributed by atoms with van der Waals surface area (Å²) in [6, 6.07) is 7.38. The van der Waals surface area contributed by atoms with Gasteiger partial charge in [-0.2, -0.15) is 0 Å². The zero-order valence-electron chi connectivity index (χ0n) is 13.9. The van der Waals surface area contributed by atoms with Crippen LogP contribution in [-0.2, 0) is 14.2 Å². The fourth-order valence-corrected chi connectivity index (χ4v) is 2.27. The summed E-state index contributed by atoms with van der Waals surface area (Å²) in [6.45, 7) is 5.99. The van der Waals surface area contributed by atoms with Gasteiger partial charge in [0.1, 0.15) is 5.69 Å². The summed E-state index contributed by atoms with van der Waals surface area (Å²) in [7, 11) is -6.00. The molecule has 1 heterocycles. The van der Waals surface area contributed by atoms with Gasteiger partial charge in [-0.3, -0.25) is 0 Å². The number of morpholine rings is 1. The lowest BCUT2D eigenvalue weighted by molar-refractivity contribution is -0.179. The molecule has 0 bridgehead atoms. The van der Waals surface area contributed by atoms with Crippen LogP contribution >= 0.6 is 0 Å². The molecule has 1 aromatic rings. The van der Waals surface area contributed by atoms with E-state index in [1.807, 2.05) is 36.9 Å². The predicted molar refractivity (Wildman–Crippen MR) is 85.5 cm³/mol. The first-order chi connectivity index (χ1) is 11.8. The van der Waals surface area contributed by atoms with Crippen LogP contribution in [0.15, 0.2) is 24.3 Å². The number of halogens is 4. The molecule has 0 radical (unpaired) electrons. The zero-order valence-corrected chi connectivity index (χ0v) is 13.9. The van der Waals surface area contributed by atoms with Crippen LogP contribution < -0.4 is 4.90 Å². The molecule has 1 fully saturated rings. The van der Waals surface area contributed by atoms with Gasteiger partial charge in [-0.25, -0.2) is 0 Å². The minimum absolute atomic E-state index is 0.209. The molecular formula is C14H20BF4N3O3. The summed E-state index contributed by atoms with van der Waals surface area (Å²) >= 11 is 0. The van der Waals surface area contributed by atoms with Gasteiger partial charge in [0.2, 0.25) is 5.39 Å². The normalized spacial score (nSPS) is 20.4. The molecule has 0 aromatic heterocycles. The molecule has 2 atom stereocenters. The quantitative estimate of drug-likeness (QED) is 0.448. The average molecular weight is 365 g/mol. The first kappa shape index (κ1) is 21.1. The van der Waals surface area contributed by atoms with Crippen molar-refractivity contribution in [3.05, 3.63) is 29.2 Å². The summed E-state index contributed by atoms with van der Waals surface area (Å²) in [5.74, 6) is 0. The molecule has 1 aliphatic heterocycles. The minimum Gasteiger partial charge on any atom is -0.418 e. The molecule has 0 N–H and O–H groups in total. The van der Waals surface area contributed by atoms with Crippen molar-refractivity contribution in [2.75, 3.05) is 31.3 Å². The molecule has 1 saturated heterocycles. The number of hydrogen-bond acceptors (Lipinski definition) is 5. The predicted octanol–water partition coefficient (Wildman–Crippen LogP) is 4.03. The van der Waals surface area contributed by atoms with E-state index in [1.54, 1.807) is 6.07 Å². The Balaban J connectivity index is 0.000000550. The average Bonchev–Trinajstić information content (AvgIpc) is 2.55. The van der Waals surface area contributed by atoms with Gasteiger partial charge in [0.05, 0.1) is 13.2 Å². The van der Waals surface area contributed by atoms with Crippen molar-refractivity contribution >= 4 is 18.6 Å². The summed E-state index contributed by atoms with van der Waals surface area (Å²) in [5.41, 5.74) is 1.32. The monoisotopic (exact) mass is 365 g/mol. The molecule has 140 valence electrons. The van der Waals surface area contributed by atoms with E-state index in [2.05, 4.69) is 4.98 Å². The topological polar surface area (TPSA) is 59.1 Å². The van der Waals surface area contributed by atoms with Gasteiger partial charge in [-0.1, -0.05) is 12.1 Å². The first-order valence-corrected chi connectivity index (χ1v) is 7.73. The highest BCUT2D eigenvalue weighted by Crippen LogP contribution is 2.32. The number of para-hydroxylation sites is 1. The van der Waals surface area contributed by atoms with Crippen LogP contribution in [0.5, 0.6) is 0 Å². The Bertz CT molecular complexity index is 565. The number of rotatable bonds is 5. The van der Waals surface area contributed by atoms with E-state index in [9.17, 15) is 17.3 Å². The number of diazo groups is 1. The molecule has 0 spiro atoms. The van der Waals surface area contributed by atoms with Gasteiger partial charge in [-0.15, -0.1) is 0 Å². The van der Waals surface area contributed by atoms with Gasteiger partial charge in [0.25, 0.3) is 0 Å². The molecule has 6 nitrogen and oxygen atoms in total. The molecule has 2 unspecified atom stereocenters. The van der Waals surface area contributed by atoms with Crippen LogP contribution in [0.3, 0.4) is 0 Å². The Labute approximate surface area is 143 Å². The number of nitrogens with zero attached hydrogens (tertiary/aromatic N) is 3. The van der Waals surface area contributed by atoms with Gasteiger partial charge in [0.15, 0.2) is 17.5 Å². The standard InChI is InChI=1S/C14H20N3O3.BF4/c1-3-18-13-10-20-14(19-4-2)9-17(13)12-8-6-5-7-11(12)16-15;2-1(3,4)5/h5-8,13-14H,3-4,9-10H2,1-2H3;/q+1;-1. The summed E-state index contributed by atoms with van der Waals surface area (Å²) in [5, 5.41) is 9.13. The van der Waals surface area contributed by atoms with Crippen molar-refractivity contribution in [2.45, 2.75) is 26.4 Å². The Morgan fingerprint density at radius 3 is 2.36 bits per heavy atom. The number of hydrogen-bond donors (Lipinski definition) is 0. The third kappa shape index (κ3) is 7.68. The second kappa shape index (κ2) is 10.2. The number of benzene rings is 1. The van der Waals surface area contributed by atoms with Crippen molar-refractivity contribution in [3.8, 4) is 0 Å². The lowest BCUT2D eigenvalue weighted by Gasteiger charge is -2.39. The van der Waals surface area contributed by atoms with E-state index in [-0.39, 0.29) is 12.5 Å². The van der Waals surface area contributed by atoms with E-state index >= 15 is 0 Å². The van der Waals surface area contributed by atoms with E-state index in [4.69, 9.17) is 19.6 Å². The minimum atomic E-state index is -6.00. The highest BCUT2D eigenvalue weighted by molar-refractivity contribution is 6.50. The van der Waals surface area contributed by atoms with Crippen molar-refractivity contribution < 1.29 is 31.5 Å². The Kier molecular flexibility index (Phi) is 8.61. The smallest absolute Gasteiger partial charge is 0.418 e. The van der Waals surface area contributed by atoms with Gasteiger partial charge in [-0.05, 0) is 19.9 Å². The maximum absolute atomic E-state index is 9.75. The summed E-state index contributed by atoms with van der Waals surface area (Å²) in [6.07, 6.45) is -0.511. The molecule has 2 rings (SSSR count). The van der Waals surface area contributed by atoms with Gasteiger partial charge < -0.3 is 36.4 Å². The van der Waals surface area contributed by atoms with Crippen LogP contribution in [0.4, 0.5) is 28.6 Å². The van der Waals surface area contributed by atoms with E-state index in [0.717, 1.165) is 5.69 Å². The Morgan fingerprint density at radius 2 is 1.80 bits per heavy atom. The van der Waals surface area contributed by atoms with E-state index in [0.29, 0.717) is 32.1 Å². The van der Waals surface area contributed by atoms with Gasteiger partial charge >= 0.3 is 12.9 Å². The van der Waals surface area contributed by atoms with Crippen molar-refractivity contribution in [3.63, 3.8) is 0 Å². The number of ether oxygens (including phenoxy) is 3. The fourth-order valence-electron chi connectivity index (χ4n) is 2.27. The largest absolute Gasteiger partial charge is 0.673 e. The third-order valence-electron chi connectivity index (χ3n) is 3.13. The second-order valence-electron chi connectivity index (χ2n) is 4.86. The Hall–Kier alpha value is -1.90. The van der Waals surface area contributed by atoms with Crippen LogP contribution in [-0.4, -0.2) is 46.1 Å². The maximum Gasteiger partial charge on any atom is 0.673 e. The molecule has 11 heteroatoms. The third-order valence-corrected chi connectivity index (χ3v) is 3.13. The summed E-state index contributed by atoms with van der Waals surface area (Å²) < 4.78 is 55.8. The van der Waals surface area contributed by atoms with Crippen molar-refractivity contribution in [1.29, 1.82) is 5.39 Å². The van der Waals surface area contributed by atoms with Crippen molar-refractivity contribution in [2.24, 2.45) is 0 Å². The molecular weight excluding hydrogens is 345 g/mol. The SMILES string of the molecule is CCOC1CN(c2ccccc2[N+]#N)C(OCC)CO1.F[B-](F)(F)F. The summed E-state index contributed by atoms with van der Waals surface area (Å²) in [4.78, 5) is 5.35. The molecule has 0 amide bonds. The number of anilines is 1. The van der Waals surface area contributed by atoms with Crippen LogP contribution in [0, 0.1) is 5.39 Å². The lowest BCUT2D eigenvalue weighted by Crippen LogP contribution is -2.52. The fraction of sp³-hybridized carbons (Fsp3) is 0.571. The van der Waals surface area contributed by atoms with Crippen LogP contribution in [0.25, 0.3) is 4.98 Å². The zero-order chi connectivity index (χ0) is 18.9. The van der Waals surface area contributed by atoms with E-state index < -0.39 is 7.25 Å². The van der Waals surface area contributed by atoms with Crippen molar-refractivity contribution in [1.82, 2.24) is 0 Å². The molecule has 1 aromatic carbocycles. The highest BCUT2D eigenvalue weighted by Gasteiger charge is 2.33. The second-order valence-corrected chi connectivity index (χ2v) is 4.86. The lowest BCUT2D eigenvalue weighted by atomic mass is 10.2. The molecule has 0 aliphatic carbocycles. The first-order valence-electron chi connectivity index (χ1n) is 7.73. The highest BCUT2D eigenvalue weighted by atomic mass is 19.5. The molecule has 25 heavy (non-hydrogen) atoms. The van der Waals surface area contributed by atoms with E-state index in [1.165, 1.54) is 0 Å². The van der Waals surface area contributed by atoms with Crippen LogP contribution in [0.1, 0.15) is 13.8 Å². The Morgan fingerprint density at radius 1 is 1.20 bits per heavy atom. The maximum atomic E-state index is 9.75. The van der Waals surface area contributed by atoms with Crippen LogP contribution in [0.2, 0.25) is 0 Å².